The monoisotopic (exact) mass is 243 g/mol. The quantitative estimate of drug-likeness (QED) is 0.523. The minimum atomic E-state index is 0.420. The van der Waals surface area contributed by atoms with Gasteiger partial charge in [-0.3, -0.25) is 0 Å². The van der Waals surface area contributed by atoms with Crippen LogP contribution in [-0.2, 0) is 4.74 Å². The van der Waals surface area contributed by atoms with Gasteiger partial charge in [0.15, 0.2) is 0 Å². The predicted octanol–water partition coefficient (Wildman–Crippen LogP) is 2.84. The Kier molecular flexibility index (Phi) is 7.99. The maximum absolute atomic E-state index is 5.81. The Morgan fingerprint density at radius 1 is 1.50 bits per heavy atom. The van der Waals surface area contributed by atoms with E-state index < -0.39 is 0 Å². The van der Waals surface area contributed by atoms with Crippen LogP contribution in [0.5, 0.6) is 0 Å². The van der Waals surface area contributed by atoms with E-state index in [0.29, 0.717) is 12.1 Å². The third-order valence-electron chi connectivity index (χ3n) is 3.08. The highest BCUT2D eigenvalue weighted by Gasteiger charge is 2.22. The highest BCUT2D eigenvalue weighted by atomic mass is 32.2. The molecule has 2 atom stereocenters. The van der Waals surface area contributed by atoms with Gasteiger partial charge in [0.2, 0.25) is 0 Å². The van der Waals surface area contributed by atoms with E-state index in [1.165, 1.54) is 25.7 Å². The van der Waals surface area contributed by atoms with Crippen LogP contribution >= 0.6 is 11.8 Å². The van der Waals surface area contributed by atoms with E-state index in [1.54, 1.807) is 0 Å². The van der Waals surface area contributed by atoms with Crippen molar-refractivity contribution in [2.75, 3.05) is 25.2 Å². The fraction of sp³-hybridized carbons (Fsp3) is 0.846. The smallest absolute Gasteiger partial charge is 0.0818 e. The van der Waals surface area contributed by atoms with E-state index in [2.05, 4.69) is 18.9 Å². The molecular formula is C13H25NOS. The van der Waals surface area contributed by atoms with Gasteiger partial charge in [-0.05, 0) is 26.3 Å². The van der Waals surface area contributed by atoms with Gasteiger partial charge in [-0.25, -0.2) is 0 Å². The van der Waals surface area contributed by atoms with Gasteiger partial charge < -0.3 is 10.1 Å². The van der Waals surface area contributed by atoms with Crippen LogP contribution in [-0.4, -0.2) is 37.3 Å². The summed E-state index contributed by atoms with van der Waals surface area (Å²) in [4.78, 5) is 0. The molecule has 2 nitrogen and oxygen atoms in total. The van der Waals surface area contributed by atoms with E-state index in [-0.39, 0.29) is 0 Å². The standard InChI is InChI=1S/C13H25NOS/c1-3-4-5-6-7-8-12(14-2)13-11-16-10-9-15-13/h3,12-14H,1,4-11H2,2H3. The predicted molar refractivity (Wildman–Crippen MR) is 73.2 cm³/mol. The average molecular weight is 243 g/mol. The highest BCUT2D eigenvalue weighted by molar-refractivity contribution is 7.99. The fourth-order valence-electron chi connectivity index (χ4n) is 2.08. The summed E-state index contributed by atoms with van der Waals surface area (Å²) in [6.07, 6.45) is 8.70. The van der Waals surface area contributed by atoms with Gasteiger partial charge >= 0.3 is 0 Å². The zero-order valence-corrected chi connectivity index (χ0v) is 11.2. The summed E-state index contributed by atoms with van der Waals surface area (Å²) in [5.41, 5.74) is 0. The number of thioether (sulfide) groups is 1. The van der Waals surface area contributed by atoms with E-state index in [4.69, 9.17) is 4.74 Å². The van der Waals surface area contributed by atoms with Crippen molar-refractivity contribution in [1.29, 1.82) is 0 Å². The molecule has 1 rings (SSSR count). The molecule has 0 aliphatic carbocycles. The number of unbranched alkanes of at least 4 members (excludes halogenated alkanes) is 3. The second-order valence-corrected chi connectivity index (χ2v) is 5.46. The largest absolute Gasteiger partial charge is 0.375 e. The molecular weight excluding hydrogens is 218 g/mol. The molecule has 1 N–H and O–H groups in total. The summed E-state index contributed by atoms with van der Waals surface area (Å²) in [5.74, 6) is 2.31. The van der Waals surface area contributed by atoms with Crippen LogP contribution in [0.15, 0.2) is 12.7 Å². The first kappa shape index (κ1) is 14.1. The number of ether oxygens (including phenoxy) is 1. The van der Waals surface area contributed by atoms with E-state index in [9.17, 15) is 0 Å². The molecule has 1 heterocycles. The SMILES string of the molecule is C=CCCCCCC(NC)C1CSCCO1. The summed E-state index contributed by atoms with van der Waals surface area (Å²) in [6.45, 7) is 4.67. The Bertz CT molecular complexity index is 181. The number of rotatable bonds is 8. The second kappa shape index (κ2) is 9.08. The van der Waals surface area contributed by atoms with Crippen molar-refractivity contribution in [2.24, 2.45) is 0 Å². The van der Waals surface area contributed by atoms with Gasteiger partial charge in [-0.15, -0.1) is 6.58 Å². The normalized spacial score (nSPS) is 22.9. The first-order chi connectivity index (χ1) is 7.88. The molecule has 0 spiro atoms. The first-order valence-electron chi connectivity index (χ1n) is 6.36. The van der Waals surface area contributed by atoms with Crippen LogP contribution in [0.3, 0.4) is 0 Å². The molecule has 94 valence electrons. The number of nitrogens with one attached hydrogen (secondary N) is 1. The van der Waals surface area contributed by atoms with Crippen molar-refractivity contribution < 1.29 is 4.74 Å². The average Bonchev–Trinajstić information content (AvgIpc) is 2.35. The van der Waals surface area contributed by atoms with E-state index >= 15 is 0 Å². The van der Waals surface area contributed by atoms with Crippen molar-refractivity contribution in [3.8, 4) is 0 Å². The molecule has 1 fully saturated rings. The molecule has 0 aromatic rings. The van der Waals surface area contributed by atoms with Crippen molar-refractivity contribution in [1.82, 2.24) is 5.32 Å². The van der Waals surface area contributed by atoms with Gasteiger partial charge in [0.05, 0.1) is 12.7 Å². The van der Waals surface area contributed by atoms with Crippen LogP contribution in [0.2, 0.25) is 0 Å². The lowest BCUT2D eigenvalue weighted by Crippen LogP contribution is -2.43. The molecule has 0 radical (unpaired) electrons. The van der Waals surface area contributed by atoms with E-state index in [0.717, 1.165) is 24.5 Å². The van der Waals surface area contributed by atoms with Gasteiger partial charge in [-0.2, -0.15) is 11.8 Å². The Hall–Kier alpha value is 0.01000. The maximum Gasteiger partial charge on any atom is 0.0818 e. The molecule has 1 aliphatic rings. The maximum atomic E-state index is 5.81. The molecule has 1 saturated heterocycles. The van der Waals surface area contributed by atoms with Gasteiger partial charge in [0, 0.05) is 17.5 Å². The molecule has 0 aromatic carbocycles. The number of hydrogen-bond acceptors (Lipinski definition) is 3. The van der Waals surface area contributed by atoms with E-state index in [1.807, 2.05) is 17.8 Å². The Labute approximate surface area is 104 Å². The minimum absolute atomic E-state index is 0.420. The lowest BCUT2D eigenvalue weighted by Gasteiger charge is -2.30. The molecule has 0 bridgehead atoms. The van der Waals surface area contributed by atoms with Gasteiger partial charge in [-0.1, -0.05) is 18.9 Å². The molecule has 3 heteroatoms. The summed E-state index contributed by atoms with van der Waals surface area (Å²) >= 11 is 2.02. The minimum Gasteiger partial charge on any atom is -0.375 e. The lowest BCUT2D eigenvalue weighted by molar-refractivity contribution is 0.0462. The second-order valence-electron chi connectivity index (χ2n) is 4.31. The number of hydrogen-bond donors (Lipinski definition) is 1. The molecule has 16 heavy (non-hydrogen) atoms. The van der Waals surface area contributed by atoms with Crippen LogP contribution in [0.1, 0.15) is 32.1 Å². The topological polar surface area (TPSA) is 21.3 Å². The number of likely N-dealkylation sites (N-methyl/N-ethyl adjacent to an activating group) is 1. The van der Waals surface area contributed by atoms with Crippen LogP contribution < -0.4 is 5.32 Å². The van der Waals surface area contributed by atoms with Crippen molar-refractivity contribution in [3.63, 3.8) is 0 Å². The van der Waals surface area contributed by atoms with Crippen LogP contribution in [0, 0.1) is 0 Å². The summed E-state index contributed by atoms with van der Waals surface area (Å²) < 4.78 is 5.81. The Balaban J connectivity index is 2.12. The van der Waals surface area contributed by atoms with Crippen molar-refractivity contribution in [3.05, 3.63) is 12.7 Å². The third-order valence-corrected chi connectivity index (χ3v) is 4.10. The molecule has 1 aliphatic heterocycles. The zero-order valence-electron chi connectivity index (χ0n) is 10.4. The Morgan fingerprint density at radius 3 is 3.00 bits per heavy atom. The summed E-state index contributed by atoms with van der Waals surface area (Å²) in [6, 6.07) is 0.538. The van der Waals surface area contributed by atoms with Gasteiger partial charge in [0.25, 0.3) is 0 Å². The molecule has 0 amide bonds. The zero-order chi connectivity index (χ0) is 11.6. The number of allylic oxidation sites excluding steroid dienone is 1. The van der Waals surface area contributed by atoms with Gasteiger partial charge in [0.1, 0.15) is 0 Å². The fourth-order valence-corrected chi connectivity index (χ4v) is 3.03. The van der Waals surface area contributed by atoms with Crippen LogP contribution in [0.4, 0.5) is 0 Å². The van der Waals surface area contributed by atoms with Crippen LogP contribution in [0.25, 0.3) is 0 Å². The van der Waals surface area contributed by atoms with Crippen molar-refractivity contribution in [2.45, 2.75) is 44.2 Å². The Morgan fingerprint density at radius 2 is 2.38 bits per heavy atom. The molecule has 2 unspecified atom stereocenters. The summed E-state index contributed by atoms with van der Waals surface area (Å²) in [5, 5.41) is 3.40. The lowest BCUT2D eigenvalue weighted by atomic mass is 10.0. The summed E-state index contributed by atoms with van der Waals surface area (Å²) in [7, 11) is 2.05. The first-order valence-corrected chi connectivity index (χ1v) is 7.51. The molecule has 0 aromatic heterocycles. The highest BCUT2D eigenvalue weighted by Crippen LogP contribution is 2.18. The van der Waals surface area contributed by atoms with Crippen molar-refractivity contribution >= 4 is 11.8 Å². The third kappa shape index (κ3) is 5.37. The molecule has 0 saturated carbocycles.